The Balaban J connectivity index is 1.88. The summed E-state index contributed by atoms with van der Waals surface area (Å²) in [6.45, 7) is 6.52. The largest absolute Gasteiger partial charge is 0.390 e. The van der Waals surface area contributed by atoms with Crippen LogP contribution < -0.4 is 0 Å². The SMILES string of the molecule is CC[C@H](c1ccc(Br)cc1)N1CC[C@@](CC(C)(C)O)(c2ccccc2)CC1=O. The number of rotatable bonds is 6. The molecular weight excluding hydrogens is 414 g/mol. The van der Waals surface area contributed by atoms with Gasteiger partial charge in [0, 0.05) is 22.9 Å². The molecule has 3 nitrogen and oxygen atoms in total. The molecule has 28 heavy (non-hydrogen) atoms. The molecule has 2 aromatic carbocycles. The highest BCUT2D eigenvalue weighted by Crippen LogP contribution is 2.44. The molecule has 2 atom stereocenters. The predicted molar refractivity (Wildman–Crippen MR) is 117 cm³/mol. The van der Waals surface area contributed by atoms with Gasteiger partial charge in [-0.05, 0) is 56.4 Å². The first kappa shape index (κ1) is 21.1. The van der Waals surface area contributed by atoms with Crippen molar-refractivity contribution >= 4 is 21.8 Å². The minimum absolute atomic E-state index is 0.0940. The van der Waals surface area contributed by atoms with Crippen molar-refractivity contribution in [3.05, 3.63) is 70.2 Å². The Kier molecular flexibility index (Phi) is 6.31. The van der Waals surface area contributed by atoms with Crippen molar-refractivity contribution in [3.8, 4) is 0 Å². The molecule has 4 heteroatoms. The van der Waals surface area contributed by atoms with Crippen LogP contribution in [0.1, 0.15) is 63.6 Å². The second-order valence-electron chi connectivity index (χ2n) is 8.63. The number of nitrogens with zero attached hydrogens (tertiary/aromatic N) is 1. The lowest BCUT2D eigenvalue weighted by molar-refractivity contribution is -0.140. The molecule has 1 aliphatic rings. The maximum atomic E-state index is 13.3. The number of carbonyl (C=O) groups is 1. The Hall–Kier alpha value is -1.65. The average Bonchev–Trinajstić information content (AvgIpc) is 2.65. The first-order chi connectivity index (χ1) is 13.2. The highest BCUT2D eigenvalue weighted by molar-refractivity contribution is 9.10. The van der Waals surface area contributed by atoms with Crippen LogP contribution >= 0.6 is 15.9 Å². The van der Waals surface area contributed by atoms with Crippen LogP contribution in [-0.2, 0) is 10.2 Å². The molecule has 0 unspecified atom stereocenters. The predicted octanol–water partition coefficient (Wildman–Crippen LogP) is 5.62. The van der Waals surface area contributed by atoms with Crippen LogP contribution in [0.2, 0.25) is 0 Å². The fourth-order valence-electron chi connectivity index (χ4n) is 4.71. The molecule has 1 aliphatic heterocycles. The van der Waals surface area contributed by atoms with Gasteiger partial charge in [0.15, 0.2) is 0 Å². The number of piperidine rings is 1. The zero-order valence-electron chi connectivity index (χ0n) is 17.0. The normalized spacial score (nSPS) is 21.6. The lowest BCUT2D eigenvalue weighted by Crippen LogP contribution is -2.50. The summed E-state index contributed by atoms with van der Waals surface area (Å²) in [5.41, 5.74) is 1.19. The Morgan fingerprint density at radius 2 is 1.79 bits per heavy atom. The van der Waals surface area contributed by atoms with Gasteiger partial charge in [-0.15, -0.1) is 0 Å². The highest BCUT2D eigenvalue weighted by atomic mass is 79.9. The monoisotopic (exact) mass is 443 g/mol. The molecule has 0 radical (unpaired) electrons. The molecule has 0 aliphatic carbocycles. The van der Waals surface area contributed by atoms with Crippen molar-refractivity contribution in [2.24, 2.45) is 0 Å². The van der Waals surface area contributed by atoms with Crippen molar-refractivity contribution < 1.29 is 9.90 Å². The zero-order chi connectivity index (χ0) is 20.4. The summed E-state index contributed by atoms with van der Waals surface area (Å²) in [7, 11) is 0. The number of hydrogen-bond acceptors (Lipinski definition) is 2. The quantitative estimate of drug-likeness (QED) is 0.628. The first-order valence-electron chi connectivity index (χ1n) is 10.1. The van der Waals surface area contributed by atoms with E-state index in [1.807, 2.05) is 49.1 Å². The molecule has 1 heterocycles. The van der Waals surface area contributed by atoms with E-state index < -0.39 is 5.60 Å². The average molecular weight is 444 g/mol. The third-order valence-electron chi connectivity index (χ3n) is 5.82. The van der Waals surface area contributed by atoms with Gasteiger partial charge in [-0.1, -0.05) is 65.3 Å². The Morgan fingerprint density at radius 1 is 1.14 bits per heavy atom. The van der Waals surface area contributed by atoms with Crippen molar-refractivity contribution in [3.63, 3.8) is 0 Å². The van der Waals surface area contributed by atoms with Gasteiger partial charge in [-0.2, -0.15) is 0 Å². The number of hydrogen-bond donors (Lipinski definition) is 1. The topological polar surface area (TPSA) is 40.5 Å². The van der Waals surface area contributed by atoms with Crippen LogP contribution in [0.3, 0.4) is 0 Å². The van der Waals surface area contributed by atoms with Gasteiger partial charge in [-0.25, -0.2) is 0 Å². The minimum Gasteiger partial charge on any atom is -0.390 e. The number of aliphatic hydroxyl groups is 1. The van der Waals surface area contributed by atoms with Gasteiger partial charge in [-0.3, -0.25) is 4.79 Å². The van der Waals surface area contributed by atoms with E-state index >= 15 is 0 Å². The summed E-state index contributed by atoms with van der Waals surface area (Å²) >= 11 is 3.49. The molecule has 0 aromatic heterocycles. The number of halogens is 1. The van der Waals surface area contributed by atoms with Gasteiger partial charge < -0.3 is 10.0 Å². The van der Waals surface area contributed by atoms with Crippen molar-refractivity contribution in [2.75, 3.05) is 6.54 Å². The van der Waals surface area contributed by atoms with Crippen molar-refractivity contribution in [1.29, 1.82) is 0 Å². The molecular formula is C24H30BrNO2. The number of likely N-dealkylation sites (tertiary alicyclic amines) is 1. The summed E-state index contributed by atoms with van der Waals surface area (Å²) in [5.74, 6) is 0.175. The van der Waals surface area contributed by atoms with Gasteiger partial charge in [0.1, 0.15) is 0 Å². The maximum Gasteiger partial charge on any atom is 0.223 e. The summed E-state index contributed by atoms with van der Waals surface area (Å²) in [4.78, 5) is 15.4. The smallest absolute Gasteiger partial charge is 0.223 e. The molecule has 0 bridgehead atoms. The highest BCUT2D eigenvalue weighted by Gasteiger charge is 2.44. The van der Waals surface area contributed by atoms with E-state index in [1.54, 1.807) is 0 Å². The number of benzene rings is 2. The second-order valence-corrected chi connectivity index (χ2v) is 9.54. The fraction of sp³-hybridized carbons (Fsp3) is 0.458. The summed E-state index contributed by atoms with van der Waals surface area (Å²) < 4.78 is 1.05. The van der Waals surface area contributed by atoms with Gasteiger partial charge in [0.25, 0.3) is 0 Å². The number of carbonyl (C=O) groups excluding carboxylic acids is 1. The fourth-order valence-corrected chi connectivity index (χ4v) is 4.97. The molecule has 0 saturated carbocycles. The lowest BCUT2D eigenvalue weighted by atomic mass is 9.66. The molecule has 2 aromatic rings. The van der Waals surface area contributed by atoms with E-state index in [0.29, 0.717) is 19.4 Å². The van der Waals surface area contributed by atoms with E-state index in [9.17, 15) is 9.90 Å². The van der Waals surface area contributed by atoms with Gasteiger partial charge in [0.05, 0.1) is 11.6 Å². The van der Waals surface area contributed by atoms with Crippen LogP contribution in [0.25, 0.3) is 0 Å². The van der Waals surface area contributed by atoms with Crippen molar-refractivity contribution in [2.45, 2.75) is 63.5 Å². The summed E-state index contributed by atoms with van der Waals surface area (Å²) in [6.07, 6.45) is 2.77. The molecule has 3 rings (SSSR count). The maximum absolute atomic E-state index is 13.3. The van der Waals surface area contributed by atoms with Crippen LogP contribution in [0, 0.1) is 0 Å². The molecule has 150 valence electrons. The van der Waals surface area contributed by atoms with Gasteiger partial charge in [0.2, 0.25) is 5.91 Å². The standard InChI is InChI=1S/C24H30BrNO2/c1-4-21(18-10-12-20(25)13-11-18)26-15-14-24(16-22(26)27,17-23(2,3)28)19-8-6-5-7-9-19/h5-13,21,28H,4,14-17H2,1-3H3/t21-,24-/m1/s1. The van der Waals surface area contributed by atoms with E-state index in [4.69, 9.17) is 0 Å². The molecule has 1 fully saturated rings. The van der Waals surface area contributed by atoms with E-state index in [-0.39, 0.29) is 17.4 Å². The molecule has 1 saturated heterocycles. The van der Waals surface area contributed by atoms with E-state index in [1.165, 1.54) is 5.56 Å². The van der Waals surface area contributed by atoms with Crippen LogP contribution in [0.15, 0.2) is 59.1 Å². The molecule has 0 spiro atoms. The van der Waals surface area contributed by atoms with Crippen LogP contribution in [0.5, 0.6) is 0 Å². The lowest BCUT2D eigenvalue weighted by Gasteiger charge is -2.46. The zero-order valence-corrected chi connectivity index (χ0v) is 18.6. The van der Waals surface area contributed by atoms with Crippen molar-refractivity contribution in [1.82, 2.24) is 4.90 Å². The van der Waals surface area contributed by atoms with Crippen LogP contribution in [0.4, 0.5) is 0 Å². The second kappa shape index (κ2) is 8.38. The summed E-state index contributed by atoms with van der Waals surface area (Å²) in [5, 5.41) is 10.6. The Labute approximate surface area is 176 Å². The number of amides is 1. The van der Waals surface area contributed by atoms with E-state index in [2.05, 4.69) is 47.1 Å². The minimum atomic E-state index is -0.825. The van der Waals surface area contributed by atoms with E-state index in [0.717, 1.165) is 22.9 Å². The molecule has 1 N–H and O–H groups in total. The Bertz CT molecular complexity index is 798. The van der Waals surface area contributed by atoms with Crippen LogP contribution in [-0.4, -0.2) is 28.1 Å². The Morgan fingerprint density at radius 3 is 2.32 bits per heavy atom. The summed E-state index contributed by atoms with van der Waals surface area (Å²) in [6, 6.07) is 18.6. The van der Waals surface area contributed by atoms with Gasteiger partial charge >= 0.3 is 0 Å². The third kappa shape index (κ3) is 4.66. The third-order valence-corrected chi connectivity index (χ3v) is 6.34. The molecule has 1 amide bonds. The first-order valence-corrected chi connectivity index (χ1v) is 10.9.